The lowest BCUT2D eigenvalue weighted by Crippen LogP contribution is -2.43. The minimum atomic E-state index is -0.941. The number of aromatic nitrogens is 1. The molecule has 0 bridgehead atoms. The second kappa shape index (κ2) is 15.9. The van der Waals surface area contributed by atoms with Gasteiger partial charge in [0.1, 0.15) is 0 Å². The van der Waals surface area contributed by atoms with Crippen LogP contribution < -0.4 is 10.2 Å². The van der Waals surface area contributed by atoms with Gasteiger partial charge in [0.05, 0.1) is 12.5 Å². The molecule has 4 unspecified atom stereocenters. The molecule has 1 fully saturated rings. The van der Waals surface area contributed by atoms with Crippen LogP contribution in [0.15, 0.2) is 71.3 Å². The summed E-state index contributed by atoms with van der Waals surface area (Å²) in [7, 11) is 4.99. The van der Waals surface area contributed by atoms with Gasteiger partial charge < -0.3 is 19.7 Å². The number of aliphatic hydroxyl groups excluding tert-OH is 1. The van der Waals surface area contributed by atoms with E-state index in [9.17, 15) is 9.90 Å². The maximum atomic E-state index is 10.7. The molecule has 4 rings (SSSR count). The van der Waals surface area contributed by atoms with E-state index in [0.717, 1.165) is 45.4 Å². The summed E-state index contributed by atoms with van der Waals surface area (Å²) < 4.78 is 4.66. The zero-order valence-corrected chi connectivity index (χ0v) is 28.0. The SMILES string of the molecule is C/C(=C\c1cc(P)cc(N2CCN(Sc3ccc4ccn(C)c4c3)CC2)c1)CC(C)/C=C/CC(C)CCC(O)CC(=O)O. The predicted octanol–water partition coefficient (Wildman–Crippen LogP) is 7.14. The largest absolute Gasteiger partial charge is 0.481 e. The van der Waals surface area contributed by atoms with Gasteiger partial charge in [0.2, 0.25) is 0 Å². The van der Waals surface area contributed by atoms with Gasteiger partial charge in [-0.05, 0) is 109 Å². The van der Waals surface area contributed by atoms with Crippen LogP contribution in [0.25, 0.3) is 17.0 Å². The third-order valence-corrected chi connectivity index (χ3v) is 9.54. The van der Waals surface area contributed by atoms with Gasteiger partial charge in [-0.1, -0.05) is 43.7 Å². The van der Waals surface area contributed by atoms with Gasteiger partial charge in [-0.2, -0.15) is 0 Å². The Morgan fingerprint density at radius 2 is 1.81 bits per heavy atom. The standard InChI is InChI=1S/C35H48N3O3PS/c1-25(8-10-31(39)23-35(40)41)6-5-7-26(2)18-27(3)19-28-20-30(22-32(42)21-28)37-14-16-38(17-15-37)43-33-11-9-29-12-13-36(4)34(29)24-33/h5,7,9,11-13,19-22,24-26,31,39H,6,8,10,14-18,23,42H2,1-4H3,(H,40,41)/b7-5+,27-19+. The van der Waals surface area contributed by atoms with Crippen LogP contribution in [-0.2, 0) is 11.8 Å². The molecule has 1 aliphatic rings. The fraction of sp³-hybridized carbons (Fsp3) is 0.457. The lowest BCUT2D eigenvalue weighted by molar-refractivity contribution is -0.139. The topological polar surface area (TPSA) is 68.9 Å². The van der Waals surface area contributed by atoms with Crippen LogP contribution in [0.4, 0.5) is 5.69 Å². The number of aryl methyl sites for hydroxylation is 1. The maximum absolute atomic E-state index is 10.7. The second-order valence-electron chi connectivity index (χ2n) is 12.3. The van der Waals surface area contributed by atoms with Crippen molar-refractivity contribution in [2.24, 2.45) is 18.9 Å². The number of carboxylic acids is 1. The Hall–Kier alpha value is -2.57. The van der Waals surface area contributed by atoms with E-state index in [-0.39, 0.29) is 6.42 Å². The number of anilines is 1. The fourth-order valence-corrected chi connectivity index (χ4v) is 7.07. The number of carbonyl (C=O) groups is 1. The predicted molar refractivity (Wildman–Crippen MR) is 186 cm³/mol. The van der Waals surface area contributed by atoms with E-state index in [0.29, 0.717) is 18.3 Å². The highest BCUT2D eigenvalue weighted by molar-refractivity contribution is 7.97. The number of benzene rings is 2. The second-order valence-corrected chi connectivity index (χ2v) is 14.1. The first kappa shape index (κ1) is 33.3. The molecule has 2 N–H and O–H groups in total. The number of aliphatic hydroxyl groups is 1. The van der Waals surface area contributed by atoms with Crippen molar-refractivity contribution in [3.05, 3.63) is 72.0 Å². The number of nitrogens with zero attached hydrogens (tertiary/aromatic N) is 3. The average molecular weight is 622 g/mol. The van der Waals surface area contributed by atoms with Gasteiger partial charge in [-0.25, -0.2) is 4.31 Å². The summed E-state index contributed by atoms with van der Waals surface area (Å²) >= 11 is 1.87. The molecule has 1 aromatic heterocycles. The first-order valence-corrected chi connectivity index (χ1v) is 16.8. The quantitative estimate of drug-likeness (QED) is 0.113. The van der Waals surface area contributed by atoms with Crippen LogP contribution in [-0.4, -0.2) is 57.3 Å². The number of fused-ring (bicyclic) bond motifs is 1. The van der Waals surface area contributed by atoms with E-state index in [1.165, 1.54) is 37.9 Å². The van der Waals surface area contributed by atoms with Crippen molar-refractivity contribution >= 4 is 55.1 Å². The van der Waals surface area contributed by atoms with Crippen molar-refractivity contribution in [2.75, 3.05) is 31.1 Å². The molecule has 0 saturated carbocycles. The van der Waals surface area contributed by atoms with E-state index in [1.807, 2.05) is 11.9 Å². The van der Waals surface area contributed by atoms with E-state index in [4.69, 9.17) is 5.11 Å². The molecule has 4 atom stereocenters. The van der Waals surface area contributed by atoms with Crippen LogP contribution in [0.2, 0.25) is 0 Å². The van der Waals surface area contributed by atoms with Gasteiger partial charge in [0.25, 0.3) is 0 Å². The van der Waals surface area contributed by atoms with Crippen LogP contribution in [0.1, 0.15) is 58.4 Å². The molecular weight excluding hydrogens is 573 g/mol. The molecule has 232 valence electrons. The monoisotopic (exact) mass is 621 g/mol. The number of rotatable bonds is 14. The summed E-state index contributed by atoms with van der Waals surface area (Å²) in [5, 5.41) is 21.1. The highest BCUT2D eigenvalue weighted by atomic mass is 32.2. The fourth-order valence-electron chi connectivity index (χ4n) is 5.77. The van der Waals surface area contributed by atoms with Crippen molar-refractivity contribution in [1.82, 2.24) is 8.87 Å². The Bertz CT molecular complexity index is 1430. The Morgan fingerprint density at radius 3 is 2.56 bits per heavy atom. The lowest BCUT2D eigenvalue weighted by Gasteiger charge is -2.35. The average Bonchev–Trinajstić information content (AvgIpc) is 3.31. The number of hydrogen-bond acceptors (Lipinski definition) is 5. The minimum Gasteiger partial charge on any atom is -0.481 e. The van der Waals surface area contributed by atoms with E-state index in [2.05, 4.69) is 118 Å². The molecule has 2 heterocycles. The number of allylic oxidation sites excluding steroid dienone is 3. The van der Waals surface area contributed by atoms with E-state index < -0.39 is 12.1 Å². The van der Waals surface area contributed by atoms with Crippen LogP contribution in [0.3, 0.4) is 0 Å². The smallest absolute Gasteiger partial charge is 0.305 e. The molecule has 43 heavy (non-hydrogen) atoms. The summed E-state index contributed by atoms with van der Waals surface area (Å²) in [5.74, 6) is -0.0816. The molecule has 2 aromatic carbocycles. The van der Waals surface area contributed by atoms with Crippen molar-refractivity contribution in [3.8, 4) is 0 Å². The van der Waals surface area contributed by atoms with E-state index in [1.54, 1.807) is 0 Å². The van der Waals surface area contributed by atoms with Crippen molar-refractivity contribution in [2.45, 2.75) is 63.9 Å². The molecule has 6 nitrogen and oxygen atoms in total. The Labute approximate surface area is 264 Å². The summed E-state index contributed by atoms with van der Waals surface area (Å²) in [4.78, 5) is 14.5. The molecule has 0 aliphatic carbocycles. The minimum absolute atomic E-state index is 0.172. The molecule has 1 aliphatic heterocycles. The summed E-state index contributed by atoms with van der Waals surface area (Å²) in [5.41, 5.74) is 5.18. The molecular formula is C35H48N3O3PS. The highest BCUT2D eigenvalue weighted by Crippen LogP contribution is 2.29. The molecule has 8 heteroatoms. The van der Waals surface area contributed by atoms with Gasteiger partial charge >= 0.3 is 5.97 Å². The lowest BCUT2D eigenvalue weighted by atomic mass is 9.96. The third-order valence-electron chi connectivity index (χ3n) is 8.12. The molecule has 1 saturated heterocycles. The van der Waals surface area contributed by atoms with Crippen molar-refractivity contribution < 1.29 is 15.0 Å². The maximum Gasteiger partial charge on any atom is 0.305 e. The zero-order chi connectivity index (χ0) is 30.9. The summed E-state index contributed by atoms with van der Waals surface area (Å²) in [6.07, 6.45) is 11.4. The van der Waals surface area contributed by atoms with Crippen molar-refractivity contribution in [1.29, 1.82) is 0 Å². The van der Waals surface area contributed by atoms with Crippen LogP contribution in [0.5, 0.6) is 0 Å². The van der Waals surface area contributed by atoms with Crippen LogP contribution >= 0.6 is 21.2 Å². The Morgan fingerprint density at radius 1 is 1.05 bits per heavy atom. The van der Waals surface area contributed by atoms with E-state index >= 15 is 0 Å². The van der Waals surface area contributed by atoms with Gasteiger partial charge in [0, 0.05) is 55.5 Å². The number of piperazine rings is 1. The summed E-state index contributed by atoms with van der Waals surface area (Å²) in [6.45, 7) is 10.7. The van der Waals surface area contributed by atoms with Gasteiger partial charge in [-0.3, -0.25) is 4.79 Å². The Balaban J connectivity index is 1.25. The first-order valence-electron chi connectivity index (χ1n) is 15.4. The van der Waals surface area contributed by atoms with Gasteiger partial charge in [0.15, 0.2) is 0 Å². The van der Waals surface area contributed by atoms with Crippen molar-refractivity contribution in [3.63, 3.8) is 0 Å². The number of aliphatic carboxylic acids is 1. The molecule has 0 radical (unpaired) electrons. The Kier molecular flexibility index (Phi) is 12.4. The number of hydrogen-bond donors (Lipinski definition) is 2. The molecule has 0 amide bonds. The molecule has 0 spiro atoms. The van der Waals surface area contributed by atoms with Gasteiger partial charge in [-0.15, -0.1) is 9.24 Å². The third kappa shape index (κ3) is 10.5. The normalized spacial score (nSPS) is 17.1. The number of carboxylic acid groups (broad SMARTS) is 1. The summed E-state index contributed by atoms with van der Waals surface area (Å²) in [6, 6.07) is 15.7. The molecule has 3 aromatic rings. The zero-order valence-electron chi connectivity index (χ0n) is 26.1. The first-order chi connectivity index (χ1) is 20.5. The highest BCUT2D eigenvalue weighted by Gasteiger charge is 2.19. The van der Waals surface area contributed by atoms with Crippen LogP contribution in [0, 0.1) is 11.8 Å².